The van der Waals surface area contributed by atoms with Crippen molar-refractivity contribution in [3.8, 4) is 11.1 Å². The molecule has 1 aliphatic carbocycles. The van der Waals surface area contributed by atoms with Gasteiger partial charge in [-0.15, -0.1) is 0 Å². The fourth-order valence-electron chi connectivity index (χ4n) is 4.24. The fraction of sp³-hybridized carbons (Fsp3) is 0.200. The van der Waals surface area contributed by atoms with Crippen LogP contribution in [0.25, 0.3) is 21.9 Å². The first-order valence-corrected chi connectivity index (χ1v) is 10.8. The van der Waals surface area contributed by atoms with Gasteiger partial charge in [-0.2, -0.15) is 5.10 Å². The van der Waals surface area contributed by atoms with E-state index in [1.54, 1.807) is 24.3 Å². The second-order valence-electron chi connectivity index (χ2n) is 8.36. The maximum atomic E-state index is 14.0. The monoisotopic (exact) mass is 461 g/mol. The molecule has 0 saturated heterocycles. The second-order valence-corrected chi connectivity index (χ2v) is 8.36. The molecule has 1 fully saturated rings. The highest BCUT2D eigenvalue weighted by atomic mass is 19.1. The molecule has 1 aliphatic rings. The molecule has 1 amide bonds. The number of nitrogens with two attached hydrogens (primary N) is 1. The standard InChI is InChI=1S/C25H21F2N5O2/c26-19-2-1-3-20(27)22(19)14-4-6-16(29-12-14)13-30-24(34)25(8-9-25)15-5-7-17-18(10-15)21(11-28)31-32-23(17)33/h1-7,10,12H,8-9,11,13,28H2,(H,30,34)(H,32,33). The van der Waals surface area contributed by atoms with Crippen molar-refractivity contribution in [1.29, 1.82) is 0 Å². The number of carbonyl (C=O) groups is 1. The molecule has 0 unspecified atom stereocenters. The molecule has 0 radical (unpaired) electrons. The van der Waals surface area contributed by atoms with Crippen molar-refractivity contribution in [2.24, 2.45) is 5.73 Å². The molecule has 0 aliphatic heterocycles. The number of aromatic amines is 1. The van der Waals surface area contributed by atoms with E-state index in [4.69, 9.17) is 5.73 Å². The molecule has 2 aromatic heterocycles. The van der Waals surface area contributed by atoms with Crippen molar-refractivity contribution in [2.45, 2.75) is 31.3 Å². The van der Waals surface area contributed by atoms with E-state index in [1.165, 1.54) is 24.4 Å². The van der Waals surface area contributed by atoms with Gasteiger partial charge in [0.05, 0.1) is 34.3 Å². The summed E-state index contributed by atoms with van der Waals surface area (Å²) in [4.78, 5) is 29.4. The molecule has 5 rings (SSSR count). The number of carbonyl (C=O) groups excluding carboxylic acids is 1. The van der Waals surface area contributed by atoms with Crippen LogP contribution in [-0.4, -0.2) is 21.1 Å². The molecule has 4 N–H and O–H groups in total. The fourth-order valence-corrected chi connectivity index (χ4v) is 4.24. The third kappa shape index (κ3) is 3.73. The van der Waals surface area contributed by atoms with Crippen molar-refractivity contribution in [3.05, 3.63) is 93.7 Å². The van der Waals surface area contributed by atoms with E-state index >= 15 is 0 Å². The number of rotatable bonds is 6. The summed E-state index contributed by atoms with van der Waals surface area (Å²) >= 11 is 0. The average molecular weight is 461 g/mol. The van der Waals surface area contributed by atoms with Crippen molar-refractivity contribution < 1.29 is 13.6 Å². The number of hydrogen-bond acceptors (Lipinski definition) is 5. The largest absolute Gasteiger partial charge is 0.350 e. The normalized spacial score (nSPS) is 14.2. The van der Waals surface area contributed by atoms with Crippen molar-refractivity contribution in [1.82, 2.24) is 20.5 Å². The van der Waals surface area contributed by atoms with Crippen LogP contribution in [0.1, 0.15) is 29.8 Å². The number of pyridine rings is 1. The number of hydrogen-bond donors (Lipinski definition) is 3. The van der Waals surface area contributed by atoms with Gasteiger partial charge in [-0.25, -0.2) is 13.9 Å². The number of halogens is 2. The van der Waals surface area contributed by atoms with Gasteiger partial charge in [-0.3, -0.25) is 14.6 Å². The molecule has 9 heteroatoms. The molecule has 172 valence electrons. The van der Waals surface area contributed by atoms with E-state index < -0.39 is 17.0 Å². The minimum absolute atomic E-state index is 0.135. The van der Waals surface area contributed by atoms with Crippen LogP contribution < -0.4 is 16.6 Å². The Balaban J connectivity index is 1.34. The van der Waals surface area contributed by atoms with E-state index in [1.807, 2.05) is 6.07 Å². The third-order valence-corrected chi connectivity index (χ3v) is 6.30. The zero-order chi connectivity index (χ0) is 23.9. The Bertz CT molecular complexity index is 1440. The van der Waals surface area contributed by atoms with E-state index in [-0.39, 0.29) is 30.1 Å². The molecule has 34 heavy (non-hydrogen) atoms. The summed E-state index contributed by atoms with van der Waals surface area (Å²) in [5, 5.41) is 10.5. The first-order chi connectivity index (χ1) is 16.4. The first kappa shape index (κ1) is 21.8. The minimum Gasteiger partial charge on any atom is -0.350 e. The molecule has 2 heterocycles. The van der Waals surface area contributed by atoms with Crippen LogP contribution in [0.15, 0.2) is 59.5 Å². The molecule has 0 bridgehead atoms. The lowest BCUT2D eigenvalue weighted by Crippen LogP contribution is -2.34. The van der Waals surface area contributed by atoms with E-state index in [2.05, 4.69) is 20.5 Å². The van der Waals surface area contributed by atoms with Crippen molar-refractivity contribution >= 4 is 16.7 Å². The van der Waals surface area contributed by atoms with E-state index in [0.717, 1.165) is 5.56 Å². The van der Waals surface area contributed by atoms with Crippen LogP contribution in [0, 0.1) is 11.6 Å². The number of amides is 1. The predicted octanol–water partition coefficient (Wildman–Crippen LogP) is 3.07. The number of aromatic nitrogens is 3. The number of fused-ring (bicyclic) bond motifs is 1. The van der Waals surface area contributed by atoms with E-state index in [0.29, 0.717) is 40.6 Å². The van der Waals surface area contributed by atoms with Gasteiger partial charge < -0.3 is 11.1 Å². The van der Waals surface area contributed by atoms with Gasteiger partial charge in [0.25, 0.3) is 5.56 Å². The van der Waals surface area contributed by atoms with Gasteiger partial charge in [-0.05, 0) is 48.7 Å². The molecule has 0 atom stereocenters. The minimum atomic E-state index is -0.682. The third-order valence-electron chi connectivity index (χ3n) is 6.30. The van der Waals surface area contributed by atoms with Gasteiger partial charge in [0.15, 0.2) is 0 Å². The summed E-state index contributed by atoms with van der Waals surface area (Å²) in [6.07, 6.45) is 2.74. The van der Waals surface area contributed by atoms with Crippen LogP contribution in [0.2, 0.25) is 0 Å². The maximum Gasteiger partial charge on any atom is 0.272 e. The van der Waals surface area contributed by atoms with Gasteiger partial charge in [0, 0.05) is 23.7 Å². The molecule has 4 aromatic rings. The lowest BCUT2D eigenvalue weighted by molar-refractivity contribution is -0.123. The average Bonchev–Trinajstić information content (AvgIpc) is 3.66. The Hall–Kier alpha value is -3.98. The van der Waals surface area contributed by atoms with Crippen LogP contribution >= 0.6 is 0 Å². The van der Waals surface area contributed by atoms with Crippen LogP contribution in [0.3, 0.4) is 0 Å². The first-order valence-electron chi connectivity index (χ1n) is 10.8. The van der Waals surface area contributed by atoms with Gasteiger partial charge in [0.1, 0.15) is 11.6 Å². The molecular formula is C25H21F2N5O2. The Morgan fingerprint density at radius 3 is 2.50 bits per heavy atom. The smallest absolute Gasteiger partial charge is 0.272 e. The van der Waals surface area contributed by atoms with Gasteiger partial charge >= 0.3 is 0 Å². The number of H-pyrrole nitrogens is 1. The Morgan fingerprint density at radius 1 is 1.09 bits per heavy atom. The zero-order valence-corrected chi connectivity index (χ0v) is 18.1. The number of benzene rings is 2. The SMILES string of the molecule is NCc1n[nH]c(=O)c2ccc(C3(C(=O)NCc4ccc(-c5c(F)cccc5F)cn4)CC3)cc12. The lowest BCUT2D eigenvalue weighted by Gasteiger charge is -2.17. The summed E-state index contributed by atoms with van der Waals surface area (Å²) in [5.41, 5.74) is 6.88. The number of nitrogens with zero attached hydrogens (tertiary/aromatic N) is 2. The van der Waals surface area contributed by atoms with E-state index in [9.17, 15) is 18.4 Å². The molecular weight excluding hydrogens is 440 g/mol. The van der Waals surface area contributed by atoms with Crippen molar-refractivity contribution in [3.63, 3.8) is 0 Å². The number of nitrogens with one attached hydrogen (secondary N) is 2. The van der Waals surface area contributed by atoms with Gasteiger partial charge in [-0.1, -0.05) is 18.2 Å². The quantitative estimate of drug-likeness (QED) is 0.408. The zero-order valence-electron chi connectivity index (χ0n) is 18.1. The highest BCUT2D eigenvalue weighted by Crippen LogP contribution is 2.49. The summed E-state index contributed by atoms with van der Waals surface area (Å²) in [6, 6.07) is 12.2. The predicted molar refractivity (Wildman–Crippen MR) is 123 cm³/mol. The van der Waals surface area contributed by atoms with Crippen molar-refractivity contribution in [2.75, 3.05) is 0 Å². The lowest BCUT2D eigenvalue weighted by atomic mass is 9.92. The highest BCUT2D eigenvalue weighted by molar-refractivity contribution is 5.93. The van der Waals surface area contributed by atoms with Crippen LogP contribution in [0.4, 0.5) is 8.78 Å². The Morgan fingerprint density at radius 2 is 1.85 bits per heavy atom. The molecule has 1 saturated carbocycles. The van der Waals surface area contributed by atoms with Crippen LogP contribution in [-0.2, 0) is 23.3 Å². The summed E-state index contributed by atoms with van der Waals surface area (Å²) in [7, 11) is 0. The summed E-state index contributed by atoms with van der Waals surface area (Å²) in [6.45, 7) is 0.331. The molecule has 2 aromatic carbocycles. The Labute approximate surface area is 193 Å². The maximum absolute atomic E-state index is 14.0. The summed E-state index contributed by atoms with van der Waals surface area (Å²) < 4.78 is 28.0. The second kappa shape index (κ2) is 8.42. The topological polar surface area (TPSA) is 114 Å². The summed E-state index contributed by atoms with van der Waals surface area (Å²) in [5.74, 6) is -1.47. The van der Waals surface area contributed by atoms with Gasteiger partial charge in [0.2, 0.25) is 5.91 Å². The highest BCUT2D eigenvalue weighted by Gasteiger charge is 2.51. The molecule has 0 spiro atoms. The molecule has 7 nitrogen and oxygen atoms in total. The van der Waals surface area contributed by atoms with Crippen LogP contribution in [0.5, 0.6) is 0 Å². The Kier molecular flexibility index (Phi) is 5.41.